The molecule has 0 amide bonds. The second-order valence-electron chi connectivity index (χ2n) is 4.02. The van der Waals surface area contributed by atoms with Crippen LogP contribution < -0.4 is 10.0 Å². The highest BCUT2D eigenvalue weighted by atomic mass is 32.2. The second-order valence-corrected chi connectivity index (χ2v) is 5.95. The monoisotopic (exact) mass is 322 g/mol. The molecular formula is C12H16F2N2O4S. The molecule has 1 aromatic rings. The highest BCUT2D eigenvalue weighted by molar-refractivity contribution is 7.89. The Morgan fingerprint density at radius 3 is 2.52 bits per heavy atom. The van der Waals surface area contributed by atoms with Gasteiger partial charge in [-0.3, -0.25) is 0 Å². The van der Waals surface area contributed by atoms with Crippen LogP contribution in [0.1, 0.15) is 17.3 Å². The largest absolute Gasteiger partial charge is 0.465 e. The van der Waals surface area contributed by atoms with E-state index in [1.165, 1.54) is 0 Å². The van der Waals surface area contributed by atoms with Crippen LogP contribution in [0.15, 0.2) is 12.1 Å². The van der Waals surface area contributed by atoms with Gasteiger partial charge >= 0.3 is 5.97 Å². The predicted octanol–water partition coefficient (Wildman–Crippen LogP) is 1.10. The molecule has 9 heteroatoms. The van der Waals surface area contributed by atoms with Crippen molar-refractivity contribution in [2.24, 2.45) is 0 Å². The number of halogens is 2. The van der Waals surface area contributed by atoms with Gasteiger partial charge in [0.05, 0.1) is 24.1 Å². The van der Waals surface area contributed by atoms with Crippen molar-refractivity contribution in [1.82, 2.24) is 4.72 Å². The maximum Gasteiger partial charge on any atom is 0.340 e. The highest BCUT2D eigenvalue weighted by Crippen LogP contribution is 2.21. The molecule has 0 fully saturated rings. The lowest BCUT2D eigenvalue weighted by atomic mass is 10.2. The van der Waals surface area contributed by atoms with Gasteiger partial charge in [-0.2, -0.15) is 0 Å². The number of carbonyl (C=O) groups excluding carboxylic acids is 1. The van der Waals surface area contributed by atoms with Crippen molar-refractivity contribution in [2.45, 2.75) is 6.92 Å². The van der Waals surface area contributed by atoms with Crippen molar-refractivity contribution >= 4 is 21.7 Å². The molecule has 0 aliphatic carbocycles. The van der Waals surface area contributed by atoms with Gasteiger partial charge in [0.2, 0.25) is 10.0 Å². The number of anilines is 1. The molecule has 0 radical (unpaired) electrons. The number of esters is 1. The summed E-state index contributed by atoms with van der Waals surface area (Å²) in [7, 11) is -2.40. The van der Waals surface area contributed by atoms with Gasteiger partial charge in [-0.15, -0.1) is 0 Å². The fourth-order valence-corrected chi connectivity index (χ4v) is 2.52. The van der Waals surface area contributed by atoms with Gasteiger partial charge in [0.15, 0.2) is 11.6 Å². The molecule has 0 heterocycles. The Kier molecular flexibility index (Phi) is 6.03. The van der Waals surface area contributed by atoms with Crippen LogP contribution in [0.5, 0.6) is 0 Å². The van der Waals surface area contributed by atoms with E-state index in [1.807, 2.05) is 0 Å². The van der Waals surface area contributed by atoms with Crippen LogP contribution >= 0.6 is 0 Å². The van der Waals surface area contributed by atoms with Crippen molar-refractivity contribution in [3.63, 3.8) is 0 Å². The molecule has 0 saturated carbocycles. The minimum absolute atomic E-state index is 0.108. The molecule has 0 unspecified atom stereocenters. The van der Waals surface area contributed by atoms with Crippen LogP contribution in [0.4, 0.5) is 14.5 Å². The second kappa shape index (κ2) is 7.32. The third-order valence-corrected chi connectivity index (χ3v) is 4.01. The molecule has 0 atom stereocenters. The summed E-state index contributed by atoms with van der Waals surface area (Å²) in [6.07, 6.45) is 0. The Morgan fingerprint density at radius 1 is 1.29 bits per heavy atom. The molecule has 0 aromatic heterocycles. The standard InChI is InChI=1S/C12H16F2N2O4S/c1-3-16-21(18,19)7-6-15-9-5-4-8(12(17)20-2)10(13)11(9)14/h4-5,15-16H,3,6-7H2,1-2H3. The first-order valence-corrected chi connectivity index (χ1v) is 7.75. The number of nitrogens with one attached hydrogen (secondary N) is 2. The Balaban J connectivity index is 2.78. The van der Waals surface area contributed by atoms with Crippen LogP contribution in [0, 0.1) is 11.6 Å². The lowest BCUT2D eigenvalue weighted by Gasteiger charge is -2.10. The maximum atomic E-state index is 13.7. The van der Waals surface area contributed by atoms with Gasteiger partial charge in [0, 0.05) is 13.1 Å². The molecule has 118 valence electrons. The van der Waals surface area contributed by atoms with Gasteiger partial charge in [0.25, 0.3) is 0 Å². The van der Waals surface area contributed by atoms with E-state index in [9.17, 15) is 22.0 Å². The summed E-state index contributed by atoms with van der Waals surface area (Å²) in [6.45, 7) is 1.77. The zero-order valence-electron chi connectivity index (χ0n) is 11.6. The van der Waals surface area contributed by atoms with E-state index < -0.39 is 33.2 Å². The summed E-state index contributed by atoms with van der Waals surface area (Å²) in [5, 5.41) is 2.47. The van der Waals surface area contributed by atoms with E-state index in [2.05, 4.69) is 14.8 Å². The molecule has 0 aliphatic rings. The number of ether oxygens (including phenoxy) is 1. The number of carbonyl (C=O) groups is 1. The normalized spacial score (nSPS) is 11.2. The summed E-state index contributed by atoms with van der Waals surface area (Å²) < 4.78 is 56.7. The number of sulfonamides is 1. The maximum absolute atomic E-state index is 13.7. The van der Waals surface area contributed by atoms with Gasteiger partial charge in [-0.1, -0.05) is 6.92 Å². The zero-order chi connectivity index (χ0) is 16.0. The fourth-order valence-electron chi connectivity index (χ4n) is 1.57. The van der Waals surface area contributed by atoms with E-state index in [0.29, 0.717) is 0 Å². The summed E-state index contributed by atoms with van der Waals surface area (Å²) >= 11 is 0. The number of hydrogen-bond acceptors (Lipinski definition) is 5. The van der Waals surface area contributed by atoms with Crippen molar-refractivity contribution < 1.29 is 26.7 Å². The first-order valence-electron chi connectivity index (χ1n) is 6.10. The Labute approximate surface area is 121 Å². The summed E-state index contributed by atoms with van der Waals surface area (Å²) in [5.74, 6) is -3.89. The number of methoxy groups -OCH3 is 1. The van der Waals surface area contributed by atoms with Crippen LogP contribution in [-0.2, 0) is 14.8 Å². The summed E-state index contributed by atoms with van der Waals surface area (Å²) in [6, 6.07) is 2.20. The summed E-state index contributed by atoms with van der Waals surface area (Å²) in [4.78, 5) is 11.2. The quantitative estimate of drug-likeness (QED) is 0.735. The van der Waals surface area contributed by atoms with Crippen molar-refractivity contribution in [3.8, 4) is 0 Å². The molecule has 21 heavy (non-hydrogen) atoms. The topological polar surface area (TPSA) is 84.5 Å². The Bertz CT molecular complexity index is 620. The van der Waals surface area contributed by atoms with Crippen LogP contribution in [0.3, 0.4) is 0 Å². The van der Waals surface area contributed by atoms with Crippen LogP contribution in [-0.4, -0.2) is 40.3 Å². The molecule has 6 nitrogen and oxygen atoms in total. The fraction of sp³-hybridized carbons (Fsp3) is 0.417. The van der Waals surface area contributed by atoms with Crippen LogP contribution in [0.25, 0.3) is 0 Å². The van der Waals surface area contributed by atoms with Gasteiger partial charge in [0.1, 0.15) is 0 Å². The van der Waals surface area contributed by atoms with Gasteiger partial charge in [-0.25, -0.2) is 26.7 Å². The first-order chi connectivity index (χ1) is 9.82. The molecule has 1 aromatic carbocycles. The average Bonchev–Trinajstić information content (AvgIpc) is 2.42. The smallest absolute Gasteiger partial charge is 0.340 e. The van der Waals surface area contributed by atoms with E-state index in [0.717, 1.165) is 19.2 Å². The summed E-state index contributed by atoms with van der Waals surface area (Å²) in [5.41, 5.74) is -0.757. The lowest BCUT2D eigenvalue weighted by molar-refractivity contribution is 0.0594. The number of rotatable bonds is 7. The van der Waals surface area contributed by atoms with Crippen LogP contribution in [0.2, 0.25) is 0 Å². The van der Waals surface area contributed by atoms with Gasteiger partial charge < -0.3 is 10.1 Å². The molecule has 0 bridgehead atoms. The van der Waals surface area contributed by atoms with E-state index in [4.69, 9.17) is 0 Å². The Morgan fingerprint density at radius 2 is 1.95 bits per heavy atom. The highest BCUT2D eigenvalue weighted by Gasteiger charge is 2.19. The molecule has 2 N–H and O–H groups in total. The SMILES string of the molecule is CCNS(=O)(=O)CCNc1ccc(C(=O)OC)c(F)c1F. The molecule has 0 spiro atoms. The lowest BCUT2D eigenvalue weighted by Crippen LogP contribution is -2.29. The first kappa shape index (κ1) is 17.3. The zero-order valence-corrected chi connectivity index (χ0v) is 12.4. The van der Waals surface area contributed by atoms with E-state index >= 15 is 0 Å². The minimum Gasteiger partial charge on any atom is -0.465 e. The number of hydrogen-bond donors (Lipinski definition) is 2. The predicted molar refractivity (Wildman–Crippen MR) is 73.7 cm³/mol. The van der Waals surface area contributed by atoms with Crippen molar-refractivity contribution in [2.75, 3.05) is 31.3 Å². The Hall–Kier alpha value is -1.74. The van der Waals surface area contributed by atoms with Gasteiger partial charge in [-0.05, 0) is 12.1 Å². The molecule has 1 rings (SSSR count). The average molecular weight is 322 g/mol. The third-order valence-electron chi connectivity index (χ3n) is 2.54. The van der Waals surface area contributed by atoms with Crippen molar-refractivity contribution in [3.05, 3.63) is 29.3 Å². The van der Waals surface area contributed by atoms with E-state index in [-0.39, 0.29) is 24.5 Å². The van der Waals surface area contributed by atoms with Crippen molar-refractivity contribution in [1.29, 1.82) is 0 Å². The molecular weight excluding hydrogens is 306 g/mol. The molecule has 0 saturated heterocycles. The molecule has 0 aliphatic heterocycles. The van der Waals surface area contributed by atoms with E-state index in [1.54, 1.807) is 6.92 Å². The minimum atomic E-state index is -3.45. The third kappa shape index (κ3) is 4.64. The number of benzene rings is 1.